The highest BCUT2D eigenvalue weighted by molar-refractivity contribution is 5.97. The minimum Gasteiger partial charge on any atom is -0.480 e. The van der Waals surface area contributed by atoms with Gasteiger partial charge in [-0.3, -0.25) is 4.79 Å². The number of aromatic nitrogens is 2. The Morgan fingerprint density at radius 1 is 1.30 bits per heavy atom. The van der Waals surface area contributed by atoms with Crippen molar-refractivity contribution >= 4 is 11.9 Å². The van der Waals surface area contributed by atoms with E-state index in [9.17, 15) is 14.7 Å². The van der Waals surface area contributed by atoms with E-state index < -0.39 is 12.0 Å². The van der Waals surface area contributed by atoms with E-state index in [0.717, 1.165) is 5.69 Å². The lowest BCUT2D eigenvalue weighted by molar-refractivity contribution is -0.147. The van der Waals surface area contributed by atoms with E-state index in [1.807, 2.05) is 30.3 Å². The van der Waals surface area contributed by atoms with Crippen molar-refractivity contribution in [1.82, 2.24) is 14.7 Å². The maximum atomic E-state index is 12.7. The number of carbonyl (C=O) groups excluding carboxylic acids is 1. The molecule has 1 N–H and O–H groups in total. The van der Waals surface area contributed by atoms with Crippen molar-refractivity contribution in [1.29, 1.82) is 0 Å². The number of ether oxygens (including phenoxy) is 1. The Kier molecular flexibility index (Phi) is 4.12. The van der Waals surface area contributed by atoms with Gasteiger partial charge in [-0.2, -0.15) is 5.10 Å². The second-order valence-electron chi connectivity index (χ2n) is 5.34. The molecule has 3 rings (SSSR count). The summed E-state index contributed by atoms with van der Waals surface area (Å²) in [5, 5.41) is 13.6. The summed E-state index contributed by atoms with van der Waals surface area (Å²) in [5.74, 6) is -1.40. The molecule has 7 nitrogen and oxygen atoms in total. The minimum atomic E-state index is -1.06. The number of nitrogens with zero attached hydrogens (tertiary/aromatic N) is 3. The lowest BCUT2D eigenvalue weighted by Crippen LogP contribution is -2.52. The van der Waals surface area contributed by atoms with Crippen molar-refractivity contribution in [2.75, 3.05) is 19.8 Å². The van der Waals surface area contributed by atoms with Gasteiger partial charge in [-0.1, -0.05) is 18.2 Å². The second kappa shape index (κ2) is 6.21. The molecule has 120 valence electrons. The zero-order valence-electron chi connectivity index (χ0n) is 12.7. The molecule has 1 aromatic carbocycles. The molecule has 0 spiro atoms. The quantitative estimate of drug-likeness (QED) is 0.917. The molecule has 23 heavy (non-hydrogen) atoms. The lowest BCUT2D eigenvalue weighted by Gasteiger charge is -2.32. The fourth-order valence-electron chi connectivity index (χ4n) is 2.59. The van der Waals surface area contributed by atoms with Crippen molar-refractivity contribution in [3.63, 3.8) is 0 Å². The van der Waals surface area contributed by atoms with Gasteiger partial charge in [0.25, 0.3) is 5.91 Å². The van der Waals surface area contributed by atoms with E-state index in [2.05, 4.69) is 5.10 Å². The standard InChI is InChI=1S/C16H17N3O4/c1-11-13(9-19(17-11)12-5-3-2-4-6-12)15(20)18-7-8-23-10-14(18)16(21)22/h2-6,9,14H,7-8,10H2,1H3,(H,21,22)/t14-/m0/s1. The predicted octanol–water partition coefficient (Wildman–Crippen LogP) is 1.11. The first-order valence-corrected chi connectivity index (χ1v) is 7.31. The number of benzene rings is 1. The number of rotatable bonds is 3. The molecule has 2 heterocycles. The van der Waals surface area contributed by atoms with Gasteiger partial charge in [0.15, 0.2) is 6.04 Å². The third kappa shape index (κ3) is 2.95. The van der Waals surface area contributed by atoms with Crippen molar-refractivity contribution in [3.05, 3.63) is 47.8 Å². The van der Waals surface area contributed by atoms with Crippen molar-refractivity contribution < 1.29 is 19.4 Å². The number of para-hydroxylation sites is 1. The van der Waals surface area contributed by atoms with Crippen LogP contribution >= 0.6 is 0 Å². The van der Waals surface area contributed by atoms with Crippen LogP contribution in [0.3, 0.4) is 0 Å². The Morgan fingerprint density at radius 3 is 2.74 bits per heavy atom. The fraction of sp³-hybridized carbons (Fsp3) is 0.312. The van der Waals surface area contributed by atoms with Gasteiger partial charge in [-0.05, 0) is 19.1 Å². The molecular weight excluding hydrogens is 298 g/mol. The van der Waals surface area contributed by atoms with Crippen LogP contribution in [0.2, 0.25) is 0 Å². The summed E-state index contributed by atoms with van der Waals surface area (Å²) >= 11 is 0. The van der Waals surface area contributed by atoms with E-state index in [-0.39, 0.29) is 19.1 Å². The number of aliphatic carboxylic acids is 1. The Hall–Kier alpha value is -2.67. The molecule has 1 atom stereocenters. The first-order valence-electron chi connectivity index (χ1n) is 7.31. The minimum absolute atomic E-state index is 0.00689. The first kappa shape index (κ1) is 15.2. The molecule has 1 fully saturated rings. The number of hydrogen-bond donors (Lipinski definition) is 1. The summed E-state index contributed by atoms with van der Waals surface area (Å²) in [6.45, 7) is 2.34. The molecule has 0 saturated carbocycles. The molecule has 1 aliphatic rings. The molecule has 1 aliphatic heterocycles. The zero-order valence-corrected chi connectivity index (χ0v) is 12.7. The molecule has 7 heteroatoms. The molecule has 1 saturated heterocycles. The van der Waals surface area contributed by atoms with E-state index in [1.165, 1.54) is 4.90 Å². The topological polar surface area (TPSA) is 84.7 Å². The average molecular weight is 315 g/mol. The molecule has 0 aliphatic carbocycles. The average Bonchev–Trinajstić information content (AvgIpc) is 2.97. The number of aryl methyl sites for hydroxylation is 1. The van der Waals surface area contributed by atoms with E-state index in [4.69, 9.17) is 4.74 Å². The Labute approximate surface area is 133 Å². The van der Waals surface area contributed by atoms with E-state index in [0.29, 0.717) is 17.9 Å². The van der Waals surface area contributed by atoms with Gasteiger partial charge in [0.1, 0.15) is 0 Å². The Balaban J connectivity index is 1.90. The second-order valence-corrected chi connectivity index (χ2v) is 5.34. The number of hydrogen-bond acceptors (Lipinski definition) is 4. The van der Waals surface area contributed by atoms with Gasteiger partial charge in [0.2, 0.25) is 0 Å². The highest BCUT2D eigenvalue weighted by Gasteiger charge is 2.34. The van der Waals surface area contributed by atoms with Crippen LogP contribution in [0.15, 0.2) is 36.5 Å². The molecule has 0 unspecified atom stereocenters. The maximum Gasteiger partial charge on any atom is 0.328 e. The fourth-order valence-corrected chi connectivity index (χ4v) is 2.59. The van der Waals surface area contributed by atoms with Gasteiger partial charge in [0, 0.05) is 12.7 Å². The van der Waals surface area contributed by atoms with Gasteiger partial charge in [-0.25, -0.2) is 9.48 Å². The van der Waals surface area contributed by atoms with Crippen LogP contribution in [0.25, 0.3) is 5.69 Å². The SMILES string of the molecule is Cc1nn(-c2ccccc2)cc1C(=O)N1CCOC[C@H]1C(=O)O. The molecule has 0 radical (unpaired) electrons. The molecule has 2 aromatic rings. The van der Waals surface area contributed by atoms with Crippen molar-refractivity contribution in [3.8, 4) is 5.69 Å². The third-order valence-corrected chi connectivity index (χ3v) is 3.82. The first-order chi connectivity index (χ1) is 11.1. The Bertz CT molecular complexity index is 726. The highest BCUT2D eigenvalue weighted by Crippen LogP contribution is 2.17. The summed E-state index contributed by atoms with van der Waals surface area (Å²) in [6, 6.07) is 8.48. The number of amides is 1. The number of carbonyl (C=O) groups is 2. The summed E-state index contributed by atoms with van der Waals surface area (Å²) in [5.41, 5.74) is 1.81. The molecule has 0 bridgehead atoms. The number of morpholine rings is 1. The molecular formula is C16H17N3O4. The third-order valence-electron chi connectivity index (χ3n) is 3.82. The van der Waals surface area contributed by atoms with Crippen LogP contribution in [0.5, 0.6) is 0 Å². The van der Waals surface area contributed by atoms with Crippen LogP contribution < -0.4 is 0 Å². The summed E-state index contributed by atoms with van der Waals surface area (Å²) in [7, 11) is 0. The van der Waals surface area contributed by atoms with Crippen LogP contribution in [-0.2, 0) is 9.53 Å². The van der Waals surface area contributed by atoms with Gasteiger partial charge >= 0.3 is 5.97 Å². The normalized spacial score (nSPS) is 18.0. The van der Waals surface area contributed by atoms with Crippen LogP contribution in [-0.4, -0.2) is 57.5 Å². The van der Waals surface area contributed by atoms with Gasteiger partial charge < -0.3 is 14.7 Å². The van der Waals surface area contributed by atoms with Gasteiger partial charge in [-0.15, -0.1) is 0 Å². The van der Waals surface area contributed by atoms with Crippen molar-refractivity contribution in [2.45, 2.75) is 13.0 Å². The zero-order chi connectivity index (χ0) is 16.4. The van der Waals surface area contributed by atoms with E-state index in [1.54, 1.807) is 17.8 Å². The van der Waals surface area contributed by atoms with Crippen LogP contribution in [0.1, 0.15) is 16.1 Å². The maximum absolute atomic E-state index is 12.7. The largest absolute Gasteiger partial charge is 0.480 e. The van der Waals surface area contributed by atoms with Crippen LogP contribution in [0, 0.1) is 6.92 Å². The monoisotopic (exact) mass is 315 g/mol. The van der Waals surface area contributed by atoms with E-state index >= 15 is 0 Å². The number of carboxylic acids is 1. The molecule has 1 aromatic heterocycles. The number of carboxylic acid groups (broad SMARTS) is 1. The Morgan fingerprint density at radius 2 is 2.04 bits per heavy atom. The van der Waals surface area contributed by atoms with Crippen molar-refractivity contribution in [2.24, 2.45) is 0 Å². The summed E-state index contributed by atoms with van der Waals surface area (Å²) in [4.78, 5) is 25.4. The van der Waals surface area contributed by atoms with Gasteiger partial charge in [0.05, 0.1) is 30.2 Å². The molecule has 1 amide bonds. The van der Waals surface area contributed by atoms with Crippen LogP contribution in [0.4, 0.5) is 0 Å². The lowest BCUT2D eigenvalue weighted by atomic mass is 10.1. The predicted molar refractivity (Wildman–Crippen MR) is 81.6 cm³/mol. The summed E-state index contributed by atoms with van der Waals surface area (Å²) < 4.78 is 6.79. The smallest absolute Gasteiger partial charge is 0.328 e. The summed E-state index contributed by atoms with van der Waals surface area (Å²) in [6.07, 6.45) is 1.64. The highest BCUT2D eigenvalue weighted by atomic mass is 16.5.